The van der Waals surface area contributed by atoms with E-state index < -0.39 is 0 Å². The van der Waals surface area contributed by atoms with Crippen LogP contribution < -0.4 is 16.4 Å². The predicted molar refractivity (Wildman–Crippen MR) is 109 cm³/mol. The molecule has 8 nitrogen and oxygen atoms in total. The van der Waals surface area contributed by atoms with E-state index in [1.54, 1.807) is 29.1 Å². The van der Waals surface area contributed by atoms with E-state index in [1.165, 1.54) is 0 Å². The zero-order valence-corrected chi connectivity index (χ0v) is 16.4. The zero-order valence-electron chi connectivity index (χ0n) is 16.4. The summed E-state index contributed by atoms with van der Waals surface area (Å²) in [4.78, 5) is 28.6. The van der Waals surface area contributed by atoms with Crippen LogP contribution in [0.15, 0.2) is 54.9 Å². The Hall–Kier alpha value is -3.52. The standard InChI is InChI=1S/C21H24N6O2/c1-14(2)25-21(29)19-5-3-4-18(26-19)20(28)23-11-16-12-24-27(13-16)17-8-6-15(10-22)7-9-17/h3-9,12-14H,10-11,22H2,1-2H3,(H,23,28)(H,25,29). The highest BCUT2D eigenvalue weighted by Gasteiger charge is 2.13. The molecule has 1 aromatic carbocycles. The summed E-state index contributed by atoms with van der Waals surface area (Å²) in [6.07, 6.45) is 3.54. The molecule has 3 rings (SSSR count). The number of rotatable bonds is 7. The zero-order chi connectivity index (χ0) is 20.8. The van der Waals surface area contributed by atoms with Gasteiger partial charge >= 0.3 is 0 Å². The van der Waals surface area contributed by atoms with Gasteiger partial charge in [-0.2, -0.15) is 5.10 Å². The summed E-state index contributed by atoms with van der Waals surface area (Å²) in [5, 5.41) is 9.88. The number of pyridine rings is 1. The van der Waals surface area contributed by atoms with Gasteiger partial charge in [0.1, 0.15) is 11.4 Å². The van der Waals surface area contributed by atoms with Crippen LogP contribution in [0.4, 0.5) is 0 Å². The summed E-state index contributed by atoms with van der Waals surface area (Å²) in [5.74, 6) is -0.666. The van der Waals surface area contributed by atoms with E-state index in [9.17, 15) is 9.59 Å². The minimum atomic E-state index is -0.357. The van der Waals surface area contributed by atoms with Crippen molar-refractivity contribution in [3.8, 4) is 5.69 Å². The largest absolute Gasteiger partial charge is 0.349 e. The first-order valence-electron chi connectivity index (χ1n) is 9.35. The van der Waals surface area contributed by atoms with Crippen molar-refractivity contribution in [3.63, 3.8) is 0 Å². The van der Waals surface area contributed by atoms with Crippen LogP contribution in [0.25, 0.3) is 5.69 Å². The quantitative estimate of drug-likeness (QED) is 0.567. The lowest BCUT2D eigenvalue weighted by Gasteiger charge is -2.08. The summed E-state index contributed by atoms with van der Waals surface area (Å²) in [5.41, 5.74) is 8.81. The van der Waals surface area contributed by atoms with Gasteiger partial charge in [-0.3, -0.25) is 9.59 Å². The lowest BCUT2D eigenvalue weighted by atomic mass is 10.2. The van der Waals surface area contributed by atoms with Crippen LogP contribution in [0.2, 0.25) is 0 Å². The molecular weight excluding hydrogens is 368 g/mol. The minimum absolute atomic E-state index is 0.00942. The third-order valence-electron chi connectivity index (χ3n) is 4.16. The number of nitrogens with one attached hydrogen (secondary N) is 2. The molecule has 0 unspecified atom stereocenters. The van der Waals surface area contributed by atoms with Gasteiger partial charge in [-0.15, -0.1) is 0 Å². The minimum Gasteiger partial charge on any atom is -0.349 e. The number of aromatic nitrogens is 3. The predicted octanol–water partition coefficient (Wildman–Crippen LogP) is 1.79. The van der Waals surface area contributed by atoms with Crippen molar-refractivity contribution in [2.75, 3.05) is 0 Å². The Balaban J connectivity index is 1.62. The molecule has 0 saturated heterocycles. The number of carbonyl (C=O) groups is 2. The fourth-order valence-corrected chi connectivity index (χ4v) is 2.67. The van der Waals surface area contributed by atoms with Crippen molar-refractivity contribution in [2.24, 2.45) is 5.73 Å². The smallest absolute Gasteiger partial charge is 0.270 e. The molecule has 8 heteroatoms. The van der Waals surface area contributed by atoms with Gasteiger partial charge in [0, 0.05) is 30.9 Å². The molecule has 0 atom stereocenters. The molecule has 0 fully saturated rings. The Morgan fingerprint density at radius 3 is 2.38 bits per heavy atom. The number of amides is 2. The summed E-state index contributed by atoms with van der Waals surface area (Å²) in [7, 11) is 0. The molecule has 2 heterocycles. The van der Waals surface area contributed by atoms with Crippen molar-refractivity contribution in [3.05, 3.63) is 77.4 Å². The van der Waals surface area contributed by atoms with Crippen LogP contribution in [-0.4, -0.2) is 32.6 Å². The molecule has 3 aromatic rings. The van der Waals surface area contributed by atoms with Gasteiger partial charge in [-0.25, -0.2) is 9.67 Å². The van der Waals surface area contributed by atoms with E-state index >= 15 is 0 Å². The highest BCUT2D eigenvalue weighted by atomic mass is 16.2. The molecule has 0 radical (unpaired) electrons. The number of carbonyl (C=O) groups excluding carboxylic acids is 2. The third kappa shape index (κ3) is 5.26. The van der Waals surface area contributed by atoms with Crippen LogP contribution in [-0.2, 0) is 13.1 Å². The SMILES string of the molecule is CC(C)NC(=O)c1cccc(C(=O)NCc2cnn(-c3ccc(CN)cc3)c2)n1. The van der Waals surface area contributed by atoms with E-state index in [2.05, 4.69) is 20.7 Å². The number of nitrogens with zero attached hydrogens (tertiary/aromatic N) is 3. The fraction of sp³-hybridized carbons (Fsp3) is 0.238. The number of hydrogen-bond donors (Lipinski definition) is 3. The Kier molecular flexibility index (Phi) is 6.36. The summed E-state index contributed by atoms with van der Waals surface area (Å²) < 4.78 is 1.73. The van der Waals surface area contributed by atoms with Crippen LogP contribution in [0.1, 0.15) is 46.0 Å². The molecule has 0 aliphatic heterocycles. The molecule has 2 amide bonds. The first-order valence-corrected chi connectivity index (χ1v) is 9.35. The maximum Gasteiger partial charge on any atom is 0.270 e. The molecule has 4 N–H and O–H groups in total. The van der Waals surface area contributed by atoms with Gasteiger partial charge in [-0.1, -0.05) is 18.2 Å². The molecule has 0 saturated carbocycles. The highest BCUT2D eigenvalue weighted by Crippen LogP contribution is 2.10. The molecule has 2 aromatic heterocycles. The van der Waals surface area contributed by atoms with Crippen molar-refractivity contribution >= 4 is 11.8 Å². The van der Waals surface area contributed by atoms with E-state index in [4.69, 9.17) is 5.73 Å². The van der Waals surface area contributed by atoms with E-state index in [0.717, 1.165) is 16.8 Å². The molecule has 29 heavy (non-hydrogen) atoms. The van der Waals surface area contributed by atoms with Crippen molar-refractivity contribution in [1.29, 1.82) is 0 Å². The topological polar surface area (TPSA) is 115 Å². The molecule has 0 spiro atoms. The molecule has 0 aliphatic rings. The van der Waals surface area contributed by atoms with Crippen molar-refractivity contribution < 1.29 is 9.59 Å². The first kappa shape index (κ1) is 20.2. The van der Waals surface area contributed by atoms with Gasteiger partial charge in [0.05, 0.1) is 11.9 Å². The monoisotopic (exact) mass is 392 g/mol. The maximum atomic E-state index is 12.4. The Labute approximate surface area is 169 Å². The molecule has 0 bridgehead atoms. The van der Waals surface area contributed by atoms with E-state index in [1.807, 2.05) is 44.3 Å². The van der Waals surface area contributed by atoms with Crippen LogP contribution >= 0.6 is 0 Å². The Bertz CT molecular complexity index is 994. The number of hydrogen-bond acceptors (Lipinski definition) is 5. The Morgan fingerprint density at radius 2 is 1.72 bits per heavy atom. The number of nitrogens with two attached hydrogens (primary N) is 1. The second-order valence-electron chi connectivity index (χ2n) is 6.88. The van der Waals surface area contributed by atoms with E-state index in [0.29, 0.717) is 13.1 Å². The molecule has 150 valence electrons. The Morgan fingerprint density at radius 1 is 1.03 bits per heavy atom. The fourth-order valence-electron chi connectivity index (χ4n) is 2.67. The van der Waals surface area contributed by atoms with Gasteiger partial charge < -0.3 is 16.4 Å². The normalized spacial score (nSPS) is 10.8. The van der Waals surface area contributed by atoms with Crippen LogP contribution in [0.5, 0.6) is 0 Å². The lowest BCUT2D eigenvalue weighted by molar-refractivity contribution is 0.0936. The summed E-state index contributed by atoms with van der Waals surface area (Å²) in [6, 6.07) is 12.6. The van der Waals surface area contributed by atoms with Crippen LogP contribution in [0.3, 0.4) is 0 Å². The third-order valence-corrected chi connectivity index (χ3v) is 4.16. The van der Waals surface area contributed by atoms with Gasteiger partial charge in [0.25, 0.3) is 11.8 Å². The molecule has 0 aliphatic carbocycles. The van der Waals surface area contributed by atoms with Gasteiger partial charge in [0.15, 0.2) is 0 Å². The highest BCUT2D eigenvalue weighted by molar-refractivity contribution is 5.96. The average molecular weight is 392 g/mol. The first-order chi connectivity index (χ1) is 14.0. The van der Waals surface area contributed by atoms with E-state index in [-0.39, 0.29) is 29.2 Å². The number of benzene rings is 1. The molecular formula is C21H24N6O2. The second-order valence-corrected chi connectivity index (χ2v) is 6.88. The van der Waals surface area contributed by atoms with Crippen molar-refractivity contribution in [1.82, 2.24) is 25.4 Å². The lowest BCUT2D eigenvalue weighted by Crippen LogP contribution is -2.31. The van der Waals surface area contributed by atoms with Crippen molar-refractivity contribution in [2.45, 2.75) is 33.0 Å². The maximum absolute atomic E-state index is 12.4. The van der Waals surface area contributed by atoms with Gasteiger partial charge in [0.2, 0.25) is 0 Å². The summed E-state index contributed by atoms with van der Waals surface area (Å²) >= 11 is 0. The average Bonchev–Trinajstić information content (AvgIpc) is 3.20. The summed E-state index contributed by atoms with van der Waals surface area (Å²) in [6.45, 7) is 4.51. The van der Waals surface area contributed by atoms with Gasteiger partial charge in [-0.05, 0) is 43.7 Å². The van der Waals surface area contributed by atoms with Crippen LogP contribution in [0, 0.1) is 0 Å². The second kappa shape index (κ2) is 9.11.